The minimum absolute atomic E-state index is 0.162. The van der Waals surface area contributed by atoms with E-state index in [1.165, 1.54) is 0 Å². The predicted molar refractivity (Wildman–Crippen MR) is 100 cm³/mol. The second-order valence-electron chi connectivity index (χ2n) is 6.13. The number of nitrogens with zero attached hydrogens (tertiary/aromatic N) is 1. The van der Waals surface area contributed by atoms with Crippen LogP contribution >= 0.6 is 0 Å². The Balaban J connectivity index is 1.53. The molecule has 8 nitrogen and oxygen atoms in total. The number of halogens is 3. The number of hydrogen-bond acceptors (Lipinski definition) is 6. The molecule has 30 heavy (non-hydrogen) atoms. The van der Waals surface area contributed by atoms with Gasteiger partial charge in [-0.1, -0.05) is 0 Å². The van der Waals surface area contributed by atoms with Crippen LogP contribution in [0.5, 0.6) is 5.75 Å². The Bertz CT molecular complexity index is 1160. The Morgan fingerprint density at radius 1 is 1.17 bits per heavy atom. The highest BCUT2D eigenvalue weighted by atomic mass is 32.2. The summed E-state index contributed by atoms with van der Waals surface area (Å²) in [6, 6.07) is 8.61. The van der Waals surface area contributed by atoms with E-state index in [-0.39, 0.29) is 17.9 Å². The fourth-order valence-electron chi connectivity index (χ4n) is 2.55. The van der Waals surface area contributed by atoms with Crippen LogP contribution in [0.2, 0.25) is 0 Å². The van der Waals surface area contributed by atoms with Gasteiger partial charge in [-0.3, -0.25) is 4.79 Å². The minimum atomic E-state index is -4.87. The maximum atomic E-state index is 12.2. The van der Waals surface area contributed by atoms with E-state index in [0.29, 0.717) is 22.7 Å². The number of rotatable bonds is 7. The third-order valence-corrected chi connectivity index (χ3v) is 5.27. The van der Waals surface area contributed by atoms with E-state index in [4.69, 9.17) is 4.42 Å². The average Bonchev–Trinajstić information content (AvgIpc) is 3.00. The van der Waals surface area contributed by atoms with Crippen molar-refractivity contribution in [3.05, 3.63) is 48.4 Å². The Labute approximate surface area is 169 Å². The monoisotopic (exact) mass is 443 g/mol. The summed E-state index contributed by atoms with van der Waals surface area (Å²) in [5, 5.41) is 2.62. The number of amides is 1. The number of aryl methyl sites for hydroxylation is 1. The first-order valence-corrected chi connectivity index (χ1v) is 10.0. The molecule has 0 saturated heterocycles. The van der Waals surface area contributed by atoms with Crippen molar-refractivity contribution in [2.24, 2.45) is 0 Å². The van der Waals surface area contributed by atoms with Crippen LogP contribution < -0.4 is 14.8 Å². The number of ether oxygens (including phenoxy) is 1. The SMILES string of the molecule is Cc1nc2cc(NC(=O)CCNS(=O)(=O)c3ccc(OC(F)(F)F)cc3)ccc2o1. The van der Waals surface area contributed by atoms with Gasteiger partial charge in [0, 0.05) is 25.6 Å². The van der Waals surface area contributed by atoms with Crippen molar-refractivity contribution in [2.45, 2.75) is 24.6 Å². The average molecular weight is 443 g/mol. The number of anilines is 1. The summed E-state index contributed by atoms with van der Waals surface area (Å²) in [4.78, 5) is 15.9. The molecule has 12 heteroatoms. The van der Waals surface area contributed by atoms with Crippen LogP contribution in [-0.2, 0) is 14.8 Å². The third kappa shape index (κ3) is 5.70. The van der Waals surface area contributed by atoms with E-state index in [9.17, 15) is 26.4 Å². The molecule has 0 saturated carbocycles. The first kappa shape index (κ1) is 21.6. The summed E-state index contributed by atoms with van der Waals surface area (Å²) in [7, 11) is -4.00. The van der Waals surface area contributed by atoms with Gasteiger partial charge in [0.2, 0.25) is 15.9 Å². The number of benzene rings is 2. The zero-order chi connectivity index (χ0) is 21.9. The maximum Gasteiger partial charge on any atom is 0.573 e. The van der Waals surface area contributed by atoms with Crippen molar-refractivity contribution in [3.63, 3.8) is 0 Å². The second-order valence-corrected chi connectivity index (χ2v) is 7.90. The van der Waals surface area contributed by atoms with Gasteiger partial charge in [0.25, 0.3) is 0 Å². The first-order chi connectivity index (χ1) is 14.0. The van der Waals surface area contributed by atoms with Crippen LogP contribution in [0.4, 0.5) is 18.9 Å². The lowest BCUT2D eigenvalue weighted by Gasteiger charge is -2.10. The Hall–Kier alpha value is -3.12. The zero-order valence-corrected chi connectivity index (χ0v) is 16.3. The molecule has 0 bridgehead atoms. The Morgan fingerprint density at radius 2 is 1.87 bits per heavy atom. The van der Waals surface area contributed by atoms with Crippen LogP contribution in [0.1, 0.15) is 12.3 Å². The van der Waals surface area contributed by atoms with Crippen molar-refractivity contribution >= 4 is 32.7 Å². The summed E-state index contributed by atoms with van der Waals surface area (Å²) >= 11 is 0. The summed E-state index contributed by atoms with van der Waals surface area (Å²) in [6.07, 6.45) is -5.03. The summed E-state index contributed by atoms with van der Waals surface area (Å²) in [6.45, 7) is 1.49. The molecule has 0 unspecified atom stereocenters. The van der Waals surface area contributed by atoms with Gasteiger partial charge in [-0.25, -0.2) is 18.1 Å². The number of nitrogens with one attached hydrogen (secondary N) is 2. The number of sulfonamides is 1. The van der Waals surface area contributed by atoms with Crippen molar-refractivity contribution in [1.29, 1.82) is 0 Å². The quantitative estimate of drug-likeness (QED) is 0.580. The van der Waals surface area contributed by atoms with E-state index in [1.807, 2.05) is 0 Å². The Kier molecular flexibility index (Phi) is 5.99. The summed E-state index contributed by atoms with van der Waals surface area (Å²) in [5.41, 5.74) is 1.62. The zero-order valence-electron chi connectivity index (χ0n) is 15.5. The van der Waals surface area contributed by atoms with Gasteiger partial charge < -0.3 is 14.5 Å². The largest absolute Gasteiger partial charge is 0.573 e. The summed E-state index contributed by atoms with van der Waals surface area (Å²) in [5.74, 6) is -0.493. The van der Waals surface area contributed by atoms with Crippen LogP contribution in [0, 0.1) is 6.92 Å². The minimum Gasteiger partial charge on any atom is -0.441 e. The molecule has 1 amide bonds. The molecule has 0 aliphatic heterocycles. The number of carbonyl (C=O) groups excluding carboxylic acids is 1. The third-order valence-electron chi connectivity index (χ3n) is 3.79. The molecule has 0 radical (unpaired) electrons. The van der Waals surface area contributed by atoms with Gasteiger partial charge in [0.1, 0.15) is 11.3 Å². The van der Waals surface area contributed by atoms with Crippen LogP contribution in [0.25, 0.3) is 11.1 Å². The van der Waals surface area contributed by atoms with E-state index >= 15 is 0 Å². The highest BCUT2D eigenvalue weighted by Gasteiger charge is 2.31. The van der Waals surface area contributed by atoms with Gasteiger partial charge in [0.05, 0.1) is 4.90 Å². The molecule has 2 N–H and O–H groups in total. The number of hydrogen-bond donors (Lipinski definition) is 2. The molecule has 3 aromatic rings. The van der Waals surface area contributed by atoms with Gasteiger partial charge in [-0.15, -0.1) is 13.2 Å². The number of aromatic nitrogens is 1. The van der Waals surface area contributed by atoms with Gasteiger partial charge in [0.15, 0.2) is 11.5 Å². The molecule has 0 aliphatic carbocycles. The highest BCUT2D eigenvalue weighted by Crippen LogP contribution is 2.24. The van der Waals surface area contributed by atoms with Crippen molar-refractivity contribution in [2.75, 3.05) is 11.9 Å². The number of fused-ring (bicyclic) bond motifs is 1. The van der Waals surface area contributed by atoms with Crippen molar-refractivity contribution in [3.8, 4) is 5.75 Å². The number of oxazole rings is 1. The fraction of sp³-hybridized carbons (Fsp3) is 0.222. The lowest BCUT2D eigenvalue weighted by Crippen LogP contribution is -2.27. The van der Waals surface area contributed by atoms with E-state index in [1.54, 1.807) is 25.1 Å². The molecule has 1 heterocycles. The second kappa shape index (κ2) is 8.32. The molecule has 1 aromatic heterocycles. The molecule has 0 fully saturated rings. The topological polar surface area (TPSA) is 111 Å². The highest BCUT2D eigenvalue weighted by molar-refractivity contribution is 7.89. The van der Waals surface area contributed by atoms with Crippen LogP contribution in [-0.4, -0.2) is 32.2 Å². The molecule has 2 aromatic carbocycles. The molecular weight excluding hydrogens is 427 g/mol. The lowest BCUT2D eigenvalue weighted by molar-refractivity contribution is -0.274. The van der Waals surface area contributed by atoms with E-state index in [2.05, 4.69) is 19.8 Å². The first-order valence-electron chi connectivity index (χ1n) is 8.54. The molecule has 160 valence electrons. The van der Waals surface area contributed by atoms with Gasteiger partial charge in [-0.2, -0.15) is 0 Å². The molecular formula is C18H16F3N3O5S. The van der Waals surface area contributed by atoms with Crippen LogP contribution in [0.15, 0.2) is 51.8 Å². The normalized spacial score (nSPS) is 12.1. The molecule has 0 spiro atoms. The molecule has 0 atom stereocenters. The summed E-state index contributed by atoms with van der Waals surface area (Å²) < 4.78 is 72.1. The lowest BCUT2D eigenvalue weighted by atomic mass is 10.2. The smallest absolute Gasteiger partial charge is 0.441 e. The standard InChI is InChI=1S/C18H16F3N3O5S/c1-11-23-15-10-12(2-7-16(15)28-11)24-17(25)8-9-22-30(26,27)14-5-3-13(4-6-14)29-18(19,20)21/h2-7,10,22H,8-9H2,1H3,(H,24,25). The van der Waals surface area contributed by atoms with Crippen molar-refractivity contribution in [1.82, 2.24) is 9.71 Å². The van der Waals surface area contributed by atoms with E-state index < -0.39 is 28.0 Å². The van der Waals surface area contributed by atoms with Crippen molar-refractivity contribution < 1.29 is 35.5 Å². The van der Waals surface area contributed by atoms with E-state index in [0.717, 1.165) is 24.3 Å². The molecule has 3 rings (SSSR count). The molecule has 0 aliphatic rings. The van der Waals surface area contributed by atoms with Crippen LogP contribution in [0.3, 0.4) is 0 Å². The number of alkyl halides is 3. The predicted octanol–water partition coefficient (Wildman–Crippen LogP) is 3.34. The maximum absolute atomic E-state index is 12.2. The van der Waals surface area contributed by atoms with Gasteiger partial charge >= 0.3 is 6.36 Å². The Morgan fingerprint density at radius 3 is 2.53 bits per heavy atom. The fourth-order valence-corrected chi connectivity index (χ4v) is 3.58. The number of carbonyl (C=O) groups is 1. The van der Waals surface area contributed by atoms with Gasteiger partial charge in [-0.05, 0) is 42.5 Å².